The molecular weight excluding hydrogens is 140 g/mol. The topological polar surface area (TPSA) is 55.5 Å². The van der Waals surface area contributed by atoms with Crippen molar-refractivity contribution in [3.05, 3.63) is 35.9 Å². The van der Waals surface area contributed by atoms with Crippen molar-refractivity contribution in [3.8, 4) is 0 Å². The lowest BCUT2D eigenvalue weighted by Crippen LogP contribution is -2.03. The first-order chi connectivity index (χ1) is 5.29. The number of urea groups is 1. The van der Waals surface area contributed by atoms with E-state index in [1.807, 2.05) is 30.3 Å². The molecule has 2 N–H and O–H groups in total. The van der Waals surface area contributed by atoms with Gasteiger partial charge >= 0.3 is 6.03 Å². The highest BCUT2D eigenvalue weighted by Gasteiger charge is 1.85. The predicted octanol–water partition coefficient (Wildman–Crippen LogP) is 1.18. The van der Waals surface area contributed by atoms with Crippen LogP contribution in [-0.4, -0.2) is 12.2 Å². The number of aliphatic imine (C=N–C) groups is 1. The first-order valence-corrected chi connectivity index (χ1v) is 3.17. The van der Waals surface area contributed by atoms with Crippen LogP contribution >= 0.6 is 0 Å². The average Bonchev–Trinajstić information content (AvgIpc) is 2.03. The van der Waals surface area contributed by atoms with Crippen molar-refractivity contribution >= 4 is 12.2 Å². The Morgan fingerprint density at radius 3 is 2.55 bits per heavy atom. The lowest BCUT2D eigenvalue weighted by Gasteiger charge is -1.87. The third-order valence-electron chi connectivity index (χ3n) is 1.14. The minimum Gasteiger partial charge on any atom is -0.350 e. The molecule has 3 nitrogen and oxygen atoms in total. The Kier molecular flexibility index (Phi) is 2.38. The van der Waals surface area contributed by atoms with Crippen molar-refractivity contribution in [1.29, 1.82) is 0 Å². The second-order valence-electron chi connectivity index (χ2n) is 2.01. The molecule has 0 heterocycles. The van der Waals surface area contributed by atoms with E-state index >= 15 is 0 Å². The van der Waals surface area contributed by atoms with E-state index < -0.39 is 6.03 Å². The Bertz CT molecular complexity index is 267. The summed E-state index contributed by atoms with van der Waals surface area (Å²) in [6.45, 7) is 0. The number of carbonyl (C=O) groups excluding carboxylic acids is 1. The van der Waals surface area contributed by atoms with Crippen LogP contribution in [0.1, 0.15) is 5.56 Å². The van der Waals surface area contributed by atoms with E-state index in [2.05, 4.69) is 4.99 Å². The molecular formula is C8H8N2O. The number of benzene rings is 1. The monoisotopic (exact) mass is 148 g/mol. The van der Waals surface area contributed by atoms with Crippen molar-refractivity contribution in [2.24, 2.45) is 10.7 Å². The lowest BCUT2D eigenvalue weighted by atomic mass is 10.2. The smallest absolute Gasteiger partial charge is 0.338 e. The third-order valence-corrected chi connectivity index (χ3v) is 1.14. The predicted molar refractivity (Wildman–Crippen MR) is 43.6 cm³/mol. The number of carbonyl (C=O) groups is 1. The first kappa shape index (κ1) is 7.47. The van der Waals surface area contributed by atoms with Crippen molar-refractivity contribution in [2.45, 2.75) is 0 Å². The van der Waals surface area contributed by atoms with Crippen LogP contribution in [0.3, 0.4) is 0 Å². The molecule has 0 aliphatic rings. The van der Waals surface area contributed by atoms with Gasteiger partial charge in [0, 0.05) is 6.21 Å². The third kappa shape index (κ3) is 2.62. The minimum absolute atomic E-state index is 0.672. The van der Waals surface area contributed by atoms with E-state index in [9.17, 15) is 4.79 Å². The summed E-state index contributed by atoms with van der Waals surface area (Å²) in [4.78, 5) is 13.6. The zero-order valence-electron chi connectivity index (χ0n) is 5.90. The van der Waals surface area contributed by atoms with Gasteiger partial charge in [0.25, 0.3) is 0 Å². The number of nitrogens with zero attached hydrogens (tertiary/aromatic N) is 1. The first-order valence-electron chi connectivity index (χ1n) is 3.17. The Labute approximate surface area is 64.6 Å². The maximum atomic E-state index is 10.2. The summed E-state index contributed by atoms with van der Waals surface area (Å²) in [6.07, 6.45) is 1.43. The number of primary amides is 1. The van der Waals surface area contributed by atoms with Gasteiger partial charge in [0.15, 0.2) is 0 Å². The van der Waals surface area contributed by atoms with Gasteiger partial charge in [0.05, 0.1) is 0 Å². The molecule has 0 fully saturated rings. The van der Waals surface area contributed by atoms with Crippen LogP contribution in [0.25, 0.3) is 0 Å². The SMILES string of the molecule is NC(=O)N=Cc1ccccc1. The van der Waals surface area contributed by atoms with Gasteiger partial charge in [-0.15, -0.1) is 0 Å². The average molecular weight is 148 g/mol. The Morgan fingerprint density at radius 2 is 2.00 bits per heavy atom. The van der Waals surface area contributed by atoms with Crippen molar-refractivity contribution in [3.63, 3.8) is 0 Å². The summed E-state index contributed by atoms with van der Waals surface area (Å²) in [7, 11) is 0. The Morgan fingerprint density at radius 1 is 1.36 bits per heavy atom. The molecule has 0 aromatic heterocycles. The molecule has 0 spiro atoms. The molecule has 0 saturated heterocycles. The van der Waals surface area contributed by atoms with E-state index in [4.69, 9.17) is 5.73 Å². The number of hydrogen-bond donors (Lipinski definition) is 1. The van der Waals surface area contributed by atoms with E-state index in [0.29, 0.717) is 0 Å². The molecule has 11 heavy (non-hydrogen) atoms. The molecule has 3 heteroatoms. The van der Waals surface area contributed by atoms with Gasteiger partial charge in [-0.05, 0) is 5.56 Å². The maximum Gasteiger partial charge on any atom is 0.338 e. The van der Waals surface area contributed by atoms with Crippen molar-refractivity contribution in [1.82, 2.24) is 0 Å². The number of nitrogens with two attached hydrogens (primary N) is 1. The number of amides is 2. The zero-order chi connectivity index (χ0) is 8.10. The fraction of sp³-hybridized carbons (Fsp3) is 0. The summed E-state index contributed by atoms with van der Waals surface area (Å²) in [5.74, 6) is 0. The summed E-state index contributed by atoms with van der Waals surface area (Å²) < 4.78 is 0. The Hall–Kier alpha value is -1.64. The highest BCUT2D eigenvalue weighted by molar-refractivity contribution is 5.90. The van der Waals surface area contributed by atoms with E-state index in [-0.39, 0.29) is 0 Å². The zero-order valence-corrected chi connectivity index (χ0v) is 5.90. The van der Waals surface area contributed by atoms with Gasteiger partial charge in [-0.2, -0.15) is 0 Å². The van der Waals surface area contributed by atoms with E-state index in [0.717, 1.165) is 5.56 Å². The number of rotatable bonds is 1. The maximum absolute atomic E-state index is 10.2. The molecule has 0 unspecified atom stereocenters. The van der Waals surface area contributed by atoms with Crippen LogP contribution < -0.4 is 5.73 Å². The van der Waals surface area contributed by atoms with Crippen LogP contribution in [0.2, 0.25) is 0 Å². The van der Waals surface area contributed by atoms with Gasteiger partial charge in [0.1, 0.15) is 0 Å². The quantitative estimate of drug-likeness (QED) is 0.597. The summed E-state index contributed by atoms with van der Waals surface area (Å²) in [5, 5.41) is 0. The van der Waals surface area contributed by atoms with Gasteiger partial charge < -0.3 is 5.73 Å². The molecule has 1 rings (SSSR count). The van der Waals surface area contributed by atoms with Crippen LogP contribution in [0.4, 0.5) is 4.79 Å². The van der Waals surface area contributed by atoms with E-state index in [1.54, 1.807) is 0 Å². The molecule has 0 aliphatic heterocycles. The molecule has 0 saturated carbocycles. The second-order valence-corrected chi connectivity index (χ2v) is 2.01. The fourth-order valence-electron chi connectivity index (χ4n) is 0.677. The van der Waals surface area contributed by atoms with E-state index in [1.165, 1.54) is 6.21 Å². The van der Waals surface area contributed by atoms with Crippen molar-refractivity contribution in [2.75, 3.05) is 0 Å². The minimum atomic E-state index is -0.672. The molecule has 0 radical (unpaired) electrons. The molecule has 1 aromatic rings. The van der Waals surface area contributed by atoms with Crippen LogP contribution in [0.5, 0.6) is 0 Å². The fourth-order valence-corrected chi connectivity index (χ4v) is 0.677. The molecule has 1 aromatic carbocycles. The van der Waals surface area contributed by atoms with Gasteiger partial charge in [-0.3, -0.25) is 0 Å². The summed E-state index contributed by atoms with van der Waals surface area (Å²) in [6, 6.07) is 8.62. The Balaban J connectivity index is 2.72. The number of hydrogen-bond acceptors (Lipinski definition) is 1. The molecule has 0 aliphatic carbocycles. The molecule has 2 amide bonds. The lowest BCUT2D eigenvalue weighted by molar-refractivity contribution is 0.257. The largest absolute Gasteiger partial charge is 0.350 e. The highest BCUT2D eigenvalue weighted by Crippen LogP contribution is 1.93. The highest BCUT2D eigenvalue weighted by atomic mass is 16.2. The van der Waals surface area contributed by atoms with Gasteiger partial charge in [-0.1, -0.05) is 30.3 Å². The summed E-state index contributed by atoms with van der Waals surface area (Å²) >= 11 is 0. The molecule has 56 valence electrons. The standard InChI is InChI=1S/C8H8N2O/c9-8(11)10-6-7-4-2-1-3-5-7/h1-6H,(H2,9,11). The van der Waals surface area contributed by atoms with Crippen molar-refractivity contribution < 1.29 is 4.79 Å². The normalized spacial score (nSPS) is 10.2. The molecule has 0 atom stereocenters. The van der Waals surface area contributed by atoms with Gasteiger partial charge in [0.2, 0.25) is 0 Å². The summed E-state index contributed by atoms with van der Waals surface area (Å²) in [5.41, 5.74) is 5.67. The van der Waals surface area contributed by atoms with Gasteiger partial charge in [-0.25, -0.2) is 9.79 Å². The second kappa shape index (κ2) is 3.51. The van der Waals surface area contributed by atoms with Crippen LogP contribution in [0.15, 0.2) is 35.3 Å². The molecule has 0 bridgehead atoms. The van der Waals surface area contributed by atoms with Crippen LogP contribution in [-0.2, 0) is 0 Å². The van der Waals surface area contributed by atoms with Crippen LogP contribution in [0, 0.1) is 0 Å².